The molecule has 0 aliphatic carbocycles. The van der Waals surface area contributed by atoms with E-state index in [9.17, 15) is 3.74 Å². The number of hydrogen-bond acceptors (Lipinski definition) is 2. The Balaban J connectivity index is 0.000000686. The molecule has 1 N–H and O–H groups in total. The van der Waals surface area contributed by atoms with Crippen LogP contribution in [0.2, 0.25) is 0 Å². The van der Waals surface area contributed by atoms with E-state index >= 15 is 0 Å². The molecule has 2 aromatic rings. The van der Waals surface area contributed by atoms with Crippen molar-refractivity contribution in [2.45, 2.75) is 13.8 Å². The second-order valence-corrected chi connectivity index (χ2v) is 4.60. The van der Waals surface area contributed by atoms with Crippen LogP contribution in [-0.4, -0.2) is 15.7 Å². The molecule has 0 fully saturated rings. The van der Waals surface area contributed by atoms with E-state index < -0.39 is 15.7 Å². The van der Waals surface area contributed by atoms with Gasteiger partial charge in [-0.3, -0.25) is 0 Å². The number of para-hydroxylation sites is 1. The van der Waals surface area contributed by atoms with E-state index in [4.69, 9.17) is 0 Å². The van der Waals surface area contributed by atoms with Crippen LogP contribution in [0.4, 0.5) is 11.4 Å². The summed E-state index contributed by atoms with van der Waals surface area (Å²) in [5.74, 6) is 0. The summed E-state index contributed by atoms with van der Waals surface area (Å²) >= 11 is -0.912. The van der Waals surface area contributed by atoms with Gasteiger partial charge in [-0.15, -0.1) is 0 Å². The monoisotopic (exact) mass is 289 g/mol. The quantitative estimate of drug-likeness (QED) is 0.880. The number of rotatable bonds is 3. The van der Waals surface area contributed by atoms with E-state index in [0.717, 1.165) is 15.7 Å². The van der Waals surface area contributed by atoms with Gasteiger partial charge in [0.05, 0.1) is 0 Å². The van der Waals surface area contributed by atoms with Gasteiger partial charge in [-0.1, -0.05) is 13.8 Å². The topological polar surface area (TPSA) is 29.1 Å². The summed E-state index contributed by atoms with van der Waals surface area (Å²) in [7, 11) is 0. The maximum absolute atomic E-state index is 10.7. The van der Waals surface area contributed by atoms with Gasteiger partial charge in [-0.25, -0.2) is 0 Å². The molecule has 0 saturated heterocycles. The van der Waals surface area contributed by atoms with Gasteiger partial charge < -0.3 is 0 Å². The van der Waals surface area contributed by atoms with E-state index in [1.807, 2.05) is 68.4 Å². The first-order chi connectivity index (χ1) is 8.38. The van der Waals surface area contributed by atoms with Gasteiger partial charge in [0.15, 0.2) is 0 Å². The Labute approximate surface area is 109 Å². The Bertz CT molecular complexity index is 440. The SMILES string of the molecule is CC.O=[As]c1ccc(Nc2ccccc2)cc1. The van der Waals surface area contributed by atoms with E-state index in [2.05, 4.69) is 5.32 Å². The van der Waals surface area contributed by atoms with Crippen LogP contribution in [0.1, 0.15) is 13.8 Å². The third-order valence-electron chi connectivity index (χ3n) is 2.04. The first-order valence-corrected chi connectivity index (χ1v) is 7.34. The molecule has 2 rings (SSSR count). The van der Waals surface area contributed by atoms with Crippen molar-refractivity contribution < 1.29 is 3.74 Å². The molecule has 0 heterocycles. The van der Waals surface area contributed by atoms with Gasteiger partial charge in [-0.2, -0.15) is 0 Å². The molecule has 0 atom stereocenters. The van der Waals surface area contributed by atoms with Crippen LogP contribution < -0.4 is 9.67 Å². The Morgan fingerprint density at radius 1 is 0.824 bits per heavy atom. The van der Waals surface area contributed by atoms with Gasteiger partial charge in [0.2, 0.25) is 0 Å². The number of nitrogens with one attached hydrogen (secondary N) is 1. The van der Waals surface area contributed by atoms with Crippen molar-refractivity contribution in [1.29, 1.82) is 0 Å². The molecule has 0 aromatic heterocycles. The molecule has 2 nitrogen and oxygen atoms in total. The second kappa shape index (κ2) is 7.80. The summed E-state index contributed by atoms with van der Waals surface area (Å²) in [6.07, 6.45) is 0. The second-order valence-electron chi connectivity index (χ2n) is 3.13. The number of hydrogen-bond donors (Lipinski definition) is 1. The van der Waals surface area contributed by atoms with E-state index in [1.54, 1.807) is 0 Å². The van der Waals surface area contributed by atoms with Crippen LogP contribution in [0.5, 0.6) is 0 Å². The molecule has 0 bridgehead atoms. The third-order valence-corrected chi connectivity index (χ3v) is 3.10. The first kappa shape index (κ1) is 13.7. The van der Waals surface area contributed by atoms with Crippen LogP contribution in [0.25, 0.3) is 0 Å². The van der Waals surface area contributed by atoms with Crippen molar-refractivity contribution in [1.82, 2.24) is 0 Å². The van der Waals surface area contributed by atoms with Crippen LogP contribution in [-0.2, 0) is 3.74 Å². The molecule has 0 spiro atoms. The summed E-state index contributed by atoms with van der Waals surface area (Å²) in [5, 5.41) is 3.26. The zero-order valence-corrected chi connectivity index (χ0v) is 11.9. The molecule has 17 heavy (non-hydrogen) atoms. The van der Waals surface area contributed by atoms with Crippen LogP contribution in [0.3, 0.4) is 0 Å². The van der Waals surface area contributed by atoms with Gasteiger partial charge in [0, 0.05) is 0 Å². The van der Waals surface area contributed by atoms with Gasteiger partial charge in [0.1, 0.15) is 0 Å². The van der Waals surface area contributed by atoms with Crippen LogP contribution in [0, 0.1) is 0 Å². The molecule has 0 unspecified atom stereocenters. The molecular formula is C14H16AsNO. The normalized spacial score (nSPS) is 9.29. The Morgan fingerprint density at radius 3 is 1.88 bits per heavy atom. The molecule has 0 aliphatic heterocycles. The first-order valence-electron chi connectivity index (χ1n) is 5.64. The molecular weight excluding hydrogens is 273 g/mol. The fourth-order valence-electron chi connectivity index (χ4n) is 1.29. The van der Waals surface area contributed by atoms with E-state index in [-0.39, 0.29) is 0 Å². The Hall–Kier alpha value is -1.40. The minimum absolute atomic E-state index is 0.907. The number of anilines is 2. The zero-order valence-electron chi connectivity index (χ0n) is 10.1. The summed E-state index contributed by atoms with van der Waals surface area (Å²) in [6.45, 7) is 4.00. The van der Waals surface area contributed by atoms with Crippen molar-refractivity contribution in [3.63, 3.8) is 0 Å². The zero-order chi connectivity index (χ0) is 12.5. The average Bonchev–Trinajstić information content (AvgIpc) is 2.43. The fourth-order valence-corrected chi connectivity index (χ4v) is 1.86. The van der Waals surface area contributed by atoms with Crippen molar-refractivity contribution in [3.8, 4) is 0 Å². The standard InChI is InChI=1S/C12H10AsNO.C2H6/c15-13-10-6-8-12(9-7-10)14-11-4-2-1-3-5-11;1-2/h1-9,14H;1-2H3. The summed E-state index contributed by atoms with van der Waals surface area (Å²) in [5.41, 5.74) is 2.07. The minimum atomic E-state index is -0.912. The summed E-state index contributed by atoms with van der Waals surface area (Å²) in [4.78, 5) is 0. The van der Waals surface area contributed by atoms with Gasteiger partial charge in [0.25, 0.3) is 0 Å². The van der Waals surface area contributed by atoms with Crippen LogP contribution in [0.15, 0.2) is 54.6 Å². The van der Waals surface area contributed by atoms with Gasteiger partial charge in [-0.05, 0) is 0 Å². The molecule has 0 radical (unpaired) electrons. The molecule has 3 heteroatoms. The Kier molecular flexibility index (Phi) is 6.27. The number of benzene rings is 2. The van der Waals surface area contributed by atoms with Crippen molar-refractivity contribution in [2.24, 2.45) is 0 Å². The van der Waals surface area contributed by atoms with Crippen molar-refractivity contribution in [2.75, 3.05) is 5.32 Å². The molecule has 2 aromatic carbocycles. The molecule has 0 aliphatic rings. The fraction of sp³-hybridized carbons (Fsp3) is 0.143. The van der Waals surface area contributed by atoms with Crippen LogP contribution >= 0.6 is 0 Å². The predicted octanol–water partition coefficient (Wildman–Crippen LogP) is 3.13. The van der Waals surface area contributed by atoms with Crippen molar-refractivity contribution >= 4 is 31.4 Å². The summed E-state index contributed by atoms with van der Waals surface area (Å²) in [6, 6.07) is 17.6. The predicted molar refractivity (Wildman–Crippen MR) is 73.6 cm³/mol. The van der Waals surface area contributed by atoms with Crippen molar-refractivity contribution in [3.05, 3.63) is 54.6 Å². The average molecular weight is 289 g/mol. The van der Waals surface area contributed by atoms with E-state index in [1.165, 1.54) is 0 Å². The van der Waals surface area contributed by atoms with Gasteiger partial charge >= 0.3 is 95.1 Å². The maximum atomic E-state index is 10.7. The summed E-state index contributed by atoms with van der Waals surface area (Å²) < 4.78 is 11.6. The van der Waals surface area contributed by atoms with E-state index in [0.29, 0.717) is 0 Å². The molecule has 0 saturated carbocycles. The Morgan fingerprint density at radius 2 is 1.35 bits per heavy atom. The molecule has 88 valence electrons. The molecule has 0 amide bonds. The third kappa shape index (κ3) is 4.54.